The fourth-order valence-electron chi connectivity index (χ4n) is 1.78. The maximum Gasteiger partial charge on any atom is 0.123 e. The van der Waals surface area contributed by atoms with E-state index >= 15 is 0 Å². The average molecular weight is 264 g/mol. The van der Waals surface area contributed by atoms with E-state index in [-0.39, 0.29) is 0 Å². The third kappa shape index (κ3) is 5.14. The van der Waals surface area contributed by atoms with Crippen molar-refractivity contribution in [3.05, 3.63) is 23.3 Å². The van der Waals surface area contributed by atoms with E-state index in [9.17, 15) is 0 Å². The van der Waals surface area contributed by atoms with Crippen LogP contribution < -0.4 is 9.47 Å². The van der Waals surface area contributed by atoms with Gasteiger partial charge in [0.1, 0.15) is 11.5 Å². The molecule has 0 aliphatic carbocycles. The molecule has 0 saturated heterocycles. The van der Waals surface area contributed by atoms with Crippen LogP contribution in [0.2, 0.25) is 0 Å². The van der Waals surface area contributed by atoms with E-state index in [0.717, 1.165) is 36.7 Å². The van der Waals surface area contributed by atoms with Crippen molar-refractivity contribution in [2.24, 2.45) is 11.8 Å². The molecule has 108 valence electrons. The van der Waals surface area contributed by atoms with E-state index in [4.69, 9.17) is 9.47 Å². The third-order valence-electron chi connectivity index (χ3n) is 2.88. The van der Waals surface area contributed by atoms with Crippen LogP contribution in [-0.2, 0) is 6.42 Å². The summed E-state index contributed by atoms with van der Waals surface area (Å²) in [6.07, 6.45) is 0.964. The number of benzene rings is 1. The van der Waals surface area contributed by atoms with Gasteiger partial charge in [-0.25, -0.2) is 0 Å². The van der Waals surface area contributed by atoms with Gasteiger partial charge in [-0.2, -0.15) is 0 Å². The Kier molecular flexibility index (Phi) is 6.20. The first kappa shape index (κ1) is 15.9. The lowest BCUT2D eigenvalue weighted by atomic mass is 10.1. The van der Waals surface area contributed by atoms with Gasteiger partial charge in [0, 0.05) is 0 Å². The Morgan fingerprint density at radius 2 is 1.42 bits per heavy atom. The Bertz CT molecular complexity index is 394. The molecule has 1 rings (SSSR count). The van der Waals surface area contributed by atoms with Gasteiger partial charge in [-0.15, -0.1) is 0 Å². The molecule has 2 nitrogen and oxygen atoms in total. The Morgan fingerprint density at radius 1 is 0.895 bits per heavy atom. The molecule has 0 bridgehead atoms. The van der Waals surface area contributed by atoms with Crippen molar-refractivity contribution in [3.8, 4) is 11.5 Å². The molecule has 0 aliphatic heterocycles. The molecule has 0 aromatic heterocycles. The molecule has 0 spiro atoms. The standard InChI is InChI=1S/C17H28O2/c1-7-15-9-16(18-10-12(2)3)14(6)8-17(15)19-11-13(4)5/h8-9,12-13H,7,10-11H2,1-6H3. The van der Waals surface area contributed by atoms with Crippen LogP contribution in [0.1, 0.15) is 45.7 Å². The van der Waals surface area contributed by atoms with Gasteiger partial charge in [-0.3, -0.25) is 0 Å². The molecule has 0 N–H and O–H groups in total. The Morgan fingerprint density at radius 3 is 1.89 bits per heavy atom. The summed E-state index contributed by atoms with van der Waals surface area (Å²) in [5.41, 5.74) is 2.38. The predicted octanol–water partition coefficient (Wildman–Crippen LogP) is 4.63. The highest BCUT2D eigenvalue weighted by atomic mass is 16.5. The van der Waals surface area contributed by atoms with Crippen LogP contribution in [0, 0.1) is 18.8 Å². The summed E-state index contributed by atoms with van der Waals surface area (Å²) in [7, 11) is 0. The van der Waals surface area contributed by atoms with Crippen LogP contribution in [0.3, 0.4) is 0 Å². The molecule has 0 unspecified atom stereocenters. The fourth-order valence-corrected chi connectivity index (χ4v) is 1.78. The zero-order chi connectivity index (χ0) is 14.4. The molecule has 0 heterocycles. The van der Waals surface area contributed by atoms with Crippen molar-refractivity contribution < 1.29 is 9.47 Å². The first-order chi connectivity index (χ1) is 8.93. The van der Waals surface area contributed by atoms with E-state index in [1.165, 1.54) is 5.56 Å². The maximum absolute atomic E-state index is 5.90. The minimum absolute atomic E-state index is 0.543. The van der Waals surface area contributed by atoms with E-state index in [2.05, 4.69) is 53.7 Å². The maximum atomic E-state index is 5.90. The highest BCUT2D eigenvalue weighted by molar-refractivity contribution is 5.46. The second-order valence-electron chi connectivity index (χ2n) is 5.99. The summed E-state index contributed by atoms with van der Waals surface area (Å²) >= 11 is 0. The van der Waals surface area contributed by atoms with Crippen LogP contribution in [-0.4, -0.2) is 13.2 Å². The van der Waals surface area contributed by atoms with E-state index in [0.29, 0.717) is 11.8 Å². The second-order valence-corrected chi connectivity index (χ2v) is 5.99. The highest BCUT2D eigenvalue weighted by Crippen LogP contribution is 2.29. The van der Waals surface area contributed by atoms with E-state index in [1.807, 2.05) is 0 Å². The van der Waals surface area contributed by atoms with Gasteiger partial charge >= 0.3 is 0 Å². The quantitative estimate of drug-likeness (QED) is 0.715. The number of rotatable bonds is 7. The van der Waals surface area contributed by atoms with Gasteiger partial charge in [-0.05, 0) is 48.4 Å². The third-order valence-corrected chi connectivity index (χ3v) is 2.88. The van der Waals surface area contributed by atoms with E-state index < -0.39 is 0 Å². The summed E-state index contributed by atoms with van der Waals surface area (Å²) < 4.78 is 11.8. The molecule has 1 aromatic carbocycles. The fraction of sp³-hybridized carbons (Fsp3) is 0.647. The molecule has 2 heteroatoms. The Hall–Kier alpha value is -1.18. The van der Waals surface area contributed by atoms with Crippen LogP contribution in [0.25, 0.3) is 0 Å². The second kappa shape index (κ2) is 7.42. The van der Waals surface area contributed by atoms with Gasteiger partial charge in [0.05, 0.1) is 13.2 Å². The molecule has 1 aromatic rings. The van der Waals surface area contributed by atoms with Gasteiger partial charge in [0.25, 0.3) is 0 Å². The summed E-state index contributed by atoms with van der Waals surface area (Å²) in [6.45, 7) is 14.4. The molecule has 0 saturated carbocycles. The minimum atomic E-state index is 0.543. The Labute approximate surface area is 118 Å². The van der Waals surface area contributed by atoms with Crippen molar-refractivity contribution in [2.75, 3.05) is 13.2 Å². The molecule has 0 atom stereocenters. The lowest BCUT2D eigenvalue weighted by molar-refractivity contribution is 0.260. The lowest BCUT2D eigenvalue weighted by Crippen LogP contribution is -2.08. The van der Waals surface area contributed by atoms with Crippen LogP contribution in [0.5, 0.6) is 11.5 Å². The summed E-state index contributed by atoms with van der Waals surface area (Å²) in [5, 5.41) is 0. The first-order valence-electron chi connectivity index (χ1n) is 7.33. The van der Waals surface area contributed by atoms with Crippen molar-refractivity contribution in [1.82, 2.24) is 0 Å². The zero-order valence-electron chi connectivity index (χ0n) is 13.2. The highest BCUT2D eigenvalue weighted by Gasteiger charge is 2.10. The van der Waals surface area contributed by atoms with Crippen LogP contribution >= 0.6 is 0 Å². The number of ether oxygens (including phenoxy) is 2. The van der Waals surface area contributed by atoms with Gasteiger partial charge in [0.2, 0.25) is 0 Å². The summed E-state index contributed by atoms with van der Waals surface area (Å²) in [5.74, 6) is 3.08. The van der Waals surface area contributed by atoms with Crippen LogP contribution in [0.15, 0.2) is 12.1 Å². The minimum Gasteiger partial charge on any atom is -0.493 e. The number of hydrogen-bond acceptors (Lipinski definition) is 2. The molecule has 0 radical (unpaired) electrons. The van der Waals surface area contributed by atoms with Gasteiger partial charge in [-0.1, -0.05) is 34.6 Å². The number of aryl methyl sites for hydroxylation is 2. The first-order valence-corrected chi connectivity index (χ1v) is 7.33. The molecule has 0 amide bonds. The van der Waals surface area contributed by atoms with Gasteiger partial charge in [0.15, 0.2) is 0 Å². The molecular weight excluding hydrogens is 236 g/mol. The van der Waals surface area contributed by atoms with Crippen molar-refractivity contribution >= 4 is 0 Å². The smallest absolute Gasteiger partial charge is 0.123 e. The SMILES string of the molecule is CCc1cc(OCC(C)C)c(C)cc1OCC(C)C. The molecule has 19 heavy (non-hydrogen) atoms. The normalized spacial score (nSPS) is 11.2. The molecule has 0 fully saturated rings. The molecule has 0 aliphatic rings. The van der Waals surface area contributed by atoms with Crippen molar-refractivity contribution in [1.29, 1.82) is 0 Å². The van der Waals surface area contributed by atoms with E-state index in [1.54, 1.807) is 0 Å². The average Bonchev–Trinajstić information content (AvgIpc) is 2.34. The largest absolute Gasteiger partial charge is 0.493 e. The van der Waals surface area contributed by atoms with Gasteiger partial charge < -0.3 is 9.47 Å². The zero-order valence-corrected chi connectivity index (χ0v) is 13.2. The summed E-state index contributed by atoms with van der Waals surface area (Å²) in [6, 6.07) is 4.24. The monoisotopic (exact) mass is 264 g/mol. The van der Waals surface area contributed by atoms with Crippen LogP contribution in [0.4, 0.5) is 0 Å². The predicted molar refractivity (Wildman–Crippen MR) is 81.2 cm³/mol. The lowest BCUT2D eigenvalue weighted by Gasteiger charge is -2.17. The summed E-state index contributed by atoms with van der Waals surface area (Å²) in [4.78, 5) is 0. The molecular formula is C17H28O2. The topological polar surface area (TPSA) is 18.5 Å². The van der Waals surface area contributed by atoms with Crippen molar-refractivity contribution in [3.63, 3.8) is 0 Å². The number of hydrogen-bond donors (Lipinski definition) is 0. The van der Waals surface area contributed by atoms with Crippen molar-refractivity contribution in [2.45, 2.75) is 48.0 Å². The Balaban J connectivity index is 2.87.